The smallest absolute Gasteiger partial charge is 0.254 e. The van der Waals surface area contributed by atoms with Gasteiger partial charge < -0.3 is 14.4 Å². The van der Waals surface area contributed by atoms with E-state index in [1.807, 2.05) is 6.07 Å². The maximum Gasteiger partial charge on any atom is 0.254 e. The van der Waals surface area contributed by atoms with Crippen molar-refractivity contribution in [3.8, 4) is 5.75 Å². The molecule has 140 valence electrons. The summed E-state index contributed by atoms with van der Waals surface area (Å²) >= 11 is 12.0. The first kappa shape index (κ1) is 18.3. The fourth-order valence-electron chi connectivity index (χ4n) is 3.15. The van der Waals surface area contributed by atoms with Crippen molar-refractivity contribution < 1.29 is 19.1 Å². The predicted octanol–water partition coefficient (Wildman–Crippen LogP) is 3.54. The number of Topliss-reactive ketones (excluding diaryl/α,β-unsaturated/α-hetero) is 1. The van der Waals surface area contributed by atoms with Gasteiger partial charge in [-0.1, -0.05) is 29.3 Å². The van der Waals surface area contributed by atoms with Gasteiger partial charge in [-0.15, -0.1) is 0 Å². The highest BCUT2D eigenvalue weighted by molar-refractivity contribution is 6.35. The number of hydrogen-bond donors (Lipinski definition) is 0. The number of benzene rings is 2. The first-order chi connectivity index (χ1) is 13.0. The molecule has 2 aliphatic heterocycles. The number of likely N-dealkylation sites (tertiary alicyclic amines) is 1. The molecule has 27 heavy (non-hydrogen) atoms. The average molecular weight is 406 g/mol. The third-order valence-electron chi connectivity index (χ3n) is 4.71. The molecule has 0 bridgehead atoms. The fourth-order valence-corrected chi connectivity index (χ4v) is 3.61. The minimum absolute atomic E-state index is 0.0189. The van der Waals surface area contributed by atoms with Crippen molar-refractivity contribution in [1.29, 1.82) is 0 Å². The molecular formula is C20H17Cl2NO4. The Morgan fingerprint density at radius 3 is 2.78 bits per heavy atom. The van der Waals surface area contributed by atoms with E-state index < -0.39 is 0 Å². The molecule has 0 aromatic heterocycles. The second-order valence-corrected chi connectivity index (χ2v) is 7.55. The number of rotatable bonds is 4. The van der Waals surface area contributed by atoms with Crippen molar-refractivity contribution >= 4 is 34.9 Å². The van der Waals surface area contributed by atoms with Gasteiger partial charge in [0.1, 0.15) is 12.4 Å². The van der Waals surface area contributed by atoms with Gasteiger partial charge in [0.25, 0.3) is 5.91 Å². The number of carbonyl (C=O) groups excluding carboxylic acids is 2. The maximum atomic E-state index is 12.6. The summed E-state index contributed by atoms with van der Waals surface area (Å²) in [5.74, 6) is 0.626. The van der Waals surface area contributed by atoms with E-state index in [9.17, 15) is 9.59 Å². The van der Waals surface area contributed by atoms with Crippen LogP contribution in [0.4, 0.5) is 0 Å². The van der Waals surface area contributed by atoms with Gasteiger partial charge in [0, 0.05) is 40.7 Å². The molecule has 1 amide bonds. The third kappa shape index (κ3) is 3.95. The van der Waals surface area contributed by atoms with Gasteiger partial charge in [0.05, 0.1) is 12.7 Å². The molecule has 1 fully saturated rings. The lowest BCUT2D eigenvalue weighted by Crippen LogP contribution is -2.54. The molecule has 0 unspecified atom stereocenters. The van der Waals surface area contributed by atoms with Gasteiger partial charge in [0.15, 0.2) is 5.78 Å². The Hall–Kier alpha value is -2.08. The van der Waals surface area contributed by atoms with Gasteiger partial charge in [-0.05, 0) is 35.9 Å². The number of hydrogen-bond acceptors (Lipinski definition) is 4. The van der Waals surface area contributed by atoms with Gasteiger partial charge >= 0.3 is 0 Å². The molecule has 2 heterocycles. The van der Waals surface area contributed by atoms with E-state index in [-0.39, 0.29) is 24.4 Å². The summed E-state index contributed by atoms with van der Waals surface area (Å²) in [5, 5.41) is 1.15. The number of fused-ring (bicyclic) bond motifs is 1. The van der Waals surface area contributed by atoms with Crippen molar-refractivity contribution in [2.24, 2.45) is 0 Å². The summed E-state index contributed by atoms with van der Waals surface area (Å²) in [7, 11) is 0. The second-order valence-electron chi connectivity index (χ2n) is 6.71. The summed E-state index contributed by atoms with van der Waals surface area (Å²) < 4.78 is 11.2. The quantitative estimate of drug-likeness (QED) is 0.780. The van der Waals surface area contributed by atoms with Crippen LogP contribution in [0.25, 0.3) is 0 Å². The van der Waals surface area contributed by atoms with Gasteiger partial charge in [-0.2, -0.15) is 0 Å². The highest BCUT2D eigenvalue weighted by atomic mass is 35.5. The van der Waals surface area contributed by atoms with Crippen LogP contribution in [0.3, 0.4) is 0 Å². The third-order valence-corrected chi connectivity index (χ3v) is 5.30. The molecule has 0 spiro atoms. The van der Waals surface area contributed by atoms with Crippen LogP contribution in [-0.2, 0) is 22.6 Å². The number of nitrogens with zero attached hydrogens (tertiary/aromatic N) is 1. The van der Waals surface area contributed by atoms with Crippen LogP contribution in [0.2, 0.25) is 10.0 Å². The van der Waals surface area contributed by atoms with Crippen molar-refractivity contribution in [1.82, 2.24) is 4.90 Å². The van der Waals surface area contributed by atoms with Crippen molar-refractivity contribution in [3.63, 3.8) is 0 Å². The summed E-state index contributed by atoms with van der Waals surface area (Å²) in [6.07, 6.45) is 0.285. The number of carbonyl (C=O) groups is 2. The number of ether oxygens (including phenoxy) is 2. The Morgan fingerprint density at radius 2 is 2.00 bits per heavy atom. The van der Waals surface area contributed by atoms with Crippen molar-refractivity contribution in [2.45, 2.75) is 19.1 Å². The van der Waals surface area contributed by atoms with Gasteiger partial charge in [-0.3, -0.25) is 9.59 Å². The molecule has 2 aromatic rings. The lowest BCUT2D eigenvalue weighted by Gasteiger charge is -2.39. The summed E-state index contributed by atoms with van der Waals surface area (Å²) in [6.45, 7) is 1.52. The van der Waals surface area contributed by atoms with Crippen LogP contribution >= 0.6 is 23.2 Å². The molecule has 2 aromatic carbocycles. The molecular weight excluding hydrogens is 389 g/mol. The van der Waals surface area contributed by atoms with E-state index in [1.165, 1.54) is 0 Å². The first-order valence-corrected chi connectivity index (χ1v) is 9.37. The lowest BCUT2D eigenvalue weighted by atomic mass is 10.0. The molecule has 0 aliphatic carbocycles. The van der Waals surface area contributed by atoms with Crippen LogP contribution in [-0.4, -0.2) is 42.4 Å². The molecule has 0 radical (unpaired) electrons. The molecule has 7 heteroatoms. The summed E-state index contributed by atoms with van der Waals surface area (Å²) in [5.41, 5.74) is 2.19. The van der Waals surface area contributed by atoms with Crippen molar-refractivity contribution in [3.05, 3.63) is 63.1 Å². The first-order valence-electron chi connectivity index (χ1n) is 8.62. The molecule has 1 saturated heterocycles. The zero-order valence-corrected chi connectivity index (χ0v) is 15.9. The van der Waals surface area contributed by atoms with Crippen molar-refractivity contribution in [2.75, 3.05) is 19.7 Å². The Morgan fingerprint density at radius 1 is 1.19 bits per heavy atom. The van der Waals surface area contributed by atoms with Crippen LogP contribution in [0, 0.1) is 0 Å². The Labute approximate surface area is 166 Å². The van der Waals surface area contributed by atoms with Crippen LogP contribution in [0.15, 0.2) is 36.4 Å². The van der Waals surface area contributed by atoms with E-state index in [0.717, 1.165) is 11.1 Å². The van der Waals surface area contributed by atoms with E-state index in [2.05, 4.69) is 0 Å². The molecule has 0 N–H and O–H groups in total. The lowest BCUT2D eigenvalue weighted by molar-refractivity contribution is -0.121. The fraction of sp³-hybridized carbons (Fsp3) is 0.300. The van der Waals surface area contributed by atoms with Gasteiger partial charge in [-0.25, -0.2) is 0 Å². The topological polar surface area (TPSA) is 55.8 Å². The minimum Gasteiger partial charge on any atom is -0.486 e. The van der Waals surface area contributed by atoms with E-state index >= 15 is 0 Å². The zero-order chi connectivity index (χ0) is 19.0. The maximum absolute atomic E-state index is 12.6. The SMILES string of the molecule is O=C1COc2ccc(C(=O)N3CC(OCc4ccc(Cl)cc4Cl)C3)cc2C1. The summed E-state index contributed by atoms with van der Waals surface area (Å²) in [4.78, 5) is 25.9. The van der Waals surface area contributed by atoms with E-state index in [0.29, 0.717) is 47.5 Å². The highest BCUT2D eigenvalue weighted by Gasteiger charge is 2.32. The number of halogens is 2. The van der Waals surface area contributed by atoms with Crippen LogP contribution in [0.1, 0.15) is 21.5 Å². The Kier molecular flexibility index (Phi) is 5.08. The van der Waals surface area contributed by atoms with Gasteiger partial charge in [0.2, 0.25) is 0 Å². The molecule has 0 saturated carbocycles. The monoisotopic (exact) mass is 405 g/mol. The second kappa shape index (κ2) is 7.50. The largest absolute Gasteiger partial charge is 0.486 e. The summed E-state index contributed by atoms with van der Waals surface area (Å²) in [6, 6.07) is 10.5. The predicted molar refractivity (Wildman–Crippen MR) is 102 cm³/mol. The van der Waals surface area contributed by atoms with Crippen LogP contribution in [0.5, 0.6) is 5.75 Å². The molecule has 5 nitrogen and oxygen atoms in total. The van der Waals surface area contributed by atoms with E-state index in [4.69, 9.17) is 32.7 Å². The zero-order valence-electron chi connectivity index (χ0n) is 14.4. The Balaban J connectivity index is 1.32. The Bertz CT molecular complexity index is 909. The molecule has 4 rings (SSSR count). The molecule has 0 atom stereocenters. The molecule has 2 aliphatic rings. The minimum atomic E-state index is -0.0693. The van der Waals surface area contributed by atoms with Crippen LogP contribution < -0.4 is 4.74 Å². The highest BCUT2D eigenvalue weighted by Crippen LogP contribution is 2.27. The normalized spacial score (nSPS) is 16.5. The van der Waals surface area contributed by atoms with E-state index in [1.54, 1.807) is 35.2 Å². The number of ketones is 1. The number of amides is 1. The standard InChI is InChI=1S/C20H17Cl2NO4/c21-15-3-1-13(18(22)7-15)10-26-17-8-23(9-17)20(25)12-2-4-19-14(5-12)6-16(24)11-27-19/h1-5,7,17H,6,8-11H2. The average Bonchev–Trinajstić information content (AvgIpc) is 2.61.